The Morgan fingerprint density at radius 1 is 1.28 bits per heavy atom. The van der Waals surface area contributed by atoms with Crippen molar-refractivity contribution < 1.29 is 17.6 Å². The van der Waals surface area contributed by atoms with Crippen LogP contribution < -0.4 is 0 Å². The minimum Gasteiger partial charge on any atom is -0.337 e. The summed E-state index contributed by atoms with van der Waals surface area (Å²) in [4.78, 5) is 18.7. The van der Waals surface area contributed by atoms with Crippen LogP contribution >= 0.6 is 0 Å². The standard InChI is InChI=1S/C20H25FN4O3S/c1-14-22-19(13-23(14)2)29(27,28)24-11-16-6-4-8-20(26)25(18(16)12-24)10-15-5-3-7-17(21)9-15/h3,5,7,9,13,16,18H,4,6,8,10-12H2,1-2H3. The number of fused-ring (bicyclic) bond motifs is 1. The molecule has 1 aromatic heterocycles. The number of benzene rings is 1. The van der Waals surface area contributed by atoms with Crippen LogP contribution in [0.25, 0.3) is 0 Å². The van der Waals surface area contributed by atoms with E-state index in [0.29, 0.717) is 24.4 Å². The predicted molar refractivity (Wildman–Crippen MR) is 105 cm³/mol. The fourth-order valence-electron chi connectivity index (χ4n) is 4.31. The van der Waals surface area contributed by atoms with Gasteiger partial charge in [-0.1, -0.05) is 12.1 Å². The van der Waals surface area contributed by atoms with Crippen molar-refractivity contribution in [2.45, 2.75) is 43.8 Å². The number of carbonyl (C=O) groups excluding carboxylic acids is 1. The highest BCUT2D eigenvalue weighted by molar-refractivity contribution is 7.89. The second kappa shape index (κ2) is 7.53. The van der Waals surface area contributed by atoms with Gasteiger partial charge in [0.1, 0.15) is 11.6 Å². The molecule has 0 aliphatic carbocycles. The molecule has 2 unspecified atom stereocenters. The van der Waals surface area contributed by atoms with Crippen molar-refractivity contribution >= 4 is 15.9 Å². The molecule has 4 rings (SSSR count). The minimum atomic E-state index is -3.73. The summed E-state index contributed by atoms with van der Waals surface area (Å²) in [5, 5.41) is 0.0389. The monoisotopic (exact) mass is 420 g/mol. The number of imidazole rings is 1. The molecule has 7 nitrogen and oxygen atoms in total. The van der Waals surface area contributed by atoms with Crippen LogP contribution in [-0.2, 0) is 28.4 Å². The number of aryl methyl sites for hydroxylation is 2. The molecule has 2 fully saturated rings. The first-order valence-electron chi connectivity index (χ1n) is 9.80. The lowest BCUT2D eigenvalue weighted by Crippen LogP contribution is -2.43. The normalized spacial score (nSPS) is 23.3. The van der Waals surface area contributed by atoms with Crippen LogP contribution in [0, 0.1) is 18.7 Å². The molecule has 156 valence electrons. The summed E-state index contributed by atoms with van der Waals surface area (Å²) in [6, 6.07) is 5.99. The molecular formula is C20H25FN4O3S. The van der Waals surface area contributed by atoms with Gasteiger partial charge in [0.25, 0.3) is 10.0 Å². The van der Waals surface area contributed by atoms with Gasteiger partial charge in [-0.05, 0) is 43.4 Å². The van der Waals surface area contributed by atoms with Gasteiger partial charge >= 0.3 is 0 Å². The van der Waals surface area contributed by atoms with Crippen LogP contribution in [0.2, 0.25) is 0 Å². The molecule has 3 heterocycles. The molecule has 2 atom stereocenters. The van der Waals surface area contributed by atoms with E-state index in [1.165, 1.54) is 22.6 Å². The van der Waals surface area contributed by atoms with E-state index in [0.717, 1.165) is 12.8 Å². The Labute approximate surface area is 170 Å². The second-order valence-corrected chi connectivity index (χ2v) is 9.82. The molecule has 2 aliphatic rings. The molecule has 2 aromatic rings. The van der Waals surface area contributed by atoms with Crippen molar-refractivity contribution in [1.82, 2.24) is 18.8 Å². The smallest absolute Gasteiger partial charge is 0.262 e. The van der Waals surface area contributed by atoms with E-state index in [4.69, 9.17) is 0 Å². The number of likely N-dealkylation sites (tertiary alicyclic amines) is 1. The highest BCUT2D eigenvalue weighted by Gasteiger charge is 2.45. The maximum atomic E-state index is 13.6. The Kier molecular flexibility index (Phi) is 5.20. The third-order valence-electron chi connectivity index (χ3n) is 5.99. The van der Waals surface area contributed by atoms with Gasteiger partial charge in [-0.3, -0.25) is 4.79 Å². The lowest BCUT2D eigenvalue weighted by Gasteiger charge is -2.30. The zero-order valence-corrected chi connectivity index (χ0v) is 17.4. The van der Waals surface area contributed by atoms with Gasteiger partial charge in [0.05, 0.1) is 0 Å². The van der Waals surface area contributed by atoms with E-state index in [2.05, 4.69) is 4.98 Å². The average molecular weight is 421 g/mol. The summed E-state index contributed by atoms with van der Waals surface area (Å²) in [5.74, 6) is 0.339. The summed E-state index contributed by atoms with van der Waals surface area (Å²) in [6.07, 6.45) is 3.49. The van der Waals surface area contributed by atoms with Crippen LogP contribution in [0.4, 0.5) is 4.39 Å². The van der Waals surface area contributed by atoms with Crippen LogP contribution in [0.15, 0.2) is 35.5 Å². The summed E-state index contributed by atoms with van der Waals surface area (Å²) in [5.41, 5.74) is 0.709. The number of amides is 1. The zero-order valence-electron chi connectivity index (χ0n) is 16.6. The molecule has 0 saturated carbocycles. The molecule has 1 aromatic carbocycles. The number of hydrogen-bond donors (Lipinski definition) is 0. The summed E-state index contributed by atoms with van der Waals surface area (Å²) in [6.45, 7) is 2.65. The van der Waals surface area contributed by atoms with E-state index in [1.807, 2.05) is 0 Å². The second-order valence-electron chi connectivity index (χ2n) is 7.93. The van der Waals surface area contributed by atoms with Gasteiger partial charge in [0.2, 0.25) is 5.91 Å². The van der Waals surface area contributed by atoms with Crippen molar-refractivity contribution in [2.24, 2.45) is 13.0 Å². The van der Waals surface area contributed by atoms with Crippen molar-refractivity contribution in [3.63, 3.8) is 0 Å². The first kappa shape index (κ1) is 20.0. The Balaban J connectivity index is 1.60. The Morgan fingerprint density at radius 3 is 2.76 bits per heavy atom. The van der Waals surface area contributed by atoms with E-state index in [1.54, 1.807) is 35.6 Å². The first-order valence-corrected chi connectivity index (χ1v) is 11.2. The van der Waals surface area contributed by atoms with Crippen LogP contribution in [-0.4, -0.2) is 52.2 Å². The van der Waals surface area contributed by atoms with Crippen molar-refractivity contribution in [2.75, 3.05) is 13.1 Å². The quantitative estimate of drug-likeness (QED) is 0.759. The molecule has 2 saturated heterocycles. The molecule has 0 N–H and O–H groups in total. The maximum Gasteiger partial charge on any atom is 0.262 e. The van der Waals surface area contributed by atoms with E-state index in [9.17, 15) is 17.6 Å². The van der Waals surface area contributed by atoms with Crippen LogP contribution in [0.5, 0.6) is 0 Å². The van der Waals surface area contributed by atoms with E-state index >= 15 is 0 Å². The number of carbonyl (C=O) groups is 1. The third kappa shape index (κ3) is 3.81. The maximum absolute atomic E-state index is 13.6. The summed E-state index contributed by atoms with van der Waals surface area (Å²) in [7, 11) is -1.97. The van der Waals surface area contributed by atoms with Gasteiger partial charge in [0.15, 0.2) is 5.03 Å². The molecule has 9 heteroatoms. The van der Waals surface area contributed by atoms with Gasteiger partial charge in [-0.25, -0.2) is 17.8 Å². The van der Waals surface area contributed by atoms with Crippen LogP contribution in [0.1, 0.15) is 30.7 Å². The minimum absolute atomic E-state index is 0.00492. The van der Waals surface area contributed by atoms with E-state index in [-0.39, 0.29) is 41.8 Å². The highest BCUT2D eigenvalue weighted by Crippen LogP contribution is 2.34. The molecule has 1 amide bonds. The Hall–Kier alpha value is -2.26. The fourth-order valence-corrected chi connectivity index (χ4v) is 5.85. The fraction of sp³-hybridized carbons (Fsp3) is 0.500. The number of halogens is 1. The lowest BCUT2D eigenvalue weighted by atomic mass is 9.98. The predicted octanol–water partition coefficient (Wildman–Crippen LogP) is 2.07. The molecule has 0 spiro atoms. The van der Waals surface area contributed by atoms with Gasteiger partial charge in [-0.2, -0.15) is 4.31 Å². The third-order valence-corrected chi connectivity index (χ3v) is 7.70. The molecular weight excluding hydrogens is 395 g/mol. The van der Waals surface area contributed by atoms with Gasteiger partial charge in [-0.15, -0.1) is 0 Å². The van der Waals surface area contributed by atoms with Crippen molar-refractivity contribution in [3.05, 3.63) is 47.7 Å². The first-order chi connectivity index (χ1) is 13.8. The largest absolute Gasteiger partial charge is 0.337 e. The number of hydrogen-bond acceptors (Lipinski definition) is 4. The average Bonchev–Trinajstić information content (AvgIpc) is 3.20. The Bertz CT molecular complexity index is 1020. The van der Waals surface area contributed by atoms with E-state index < -0.39 is 10.0 Å². The molecule has 0 bridgehead atoms. The molecule has 29 heavy (non-hydrogen) atoms. The zero-order chi connectivity index (χ0) is 20.8. The van der Waals surface area contributed by atoms with Gasteiger partial charge < -0.3 is 9.47 Å². The van der Waals surface area contributed by atoms with Crippen LogP contribution in [0.3, 0.4) is 0 Å². The summed E-state index contributed by atoms with van der Waals surface area (Å²) >= 11 is 0. The SMILES string of the molecule is Cc1nc(S(=O)(=O)N2CC3CCCC(=O)N(Cc4cccc(F)c4)C3C2)cn1C. The molecule has 0 radical (unpaired) electrons. The van der Waals surface area contributed by atoms with Gasteiger partial charge in [0, 0.05) is 45.3 Å². The highest BCUT2D eigenvalue weighted by atomic mass is 32.2. The number of aromatic nitrogens is 2. The topological polar surface area (TPSA) is 75.5 Å². The number of sulfonamides is 1. The Morgan fingerprint density at radius 2 is 2.07 bits per heavy atom. The number of nitrogens with zero attached hydrogens (tertiary/aromatic N) is 4. The molecule has 2 aliphatic heterocycles. The van der Waals surface area contributed by atoms with Crippen molar-refractivity contribution in [1.29, 1.82) is 0 Å². The van der Waals surface area contributed by atoms with Crippen molar-refractivity contribution in [3.8, 4) is 0 Å². The number of rotatable bonds is 4. The summed E-state index contributed by atoms with van der Waals surface area (Å²) < 4.78 is 43.0. The lowest BCUT2D eigenvalue weighted by molar-refractivity contribution is -0.133.